The van der Waals surface area contributed by atoms with Crippen LogP contribution in [-0.2, 0) is 4.79 Å². The van der Waals surface area contributed by atoms with E-state index < -0.39 is 0 Å². The lowest BCUT2D eigenvalue weighted by Crippen LogP contribution is -2.17. The minimum atomic E-state index is 0.309. The lowest BCUT2D eigenvalue weighted by Gasteiger charge is -2.17. The predicted molar refractivity (Wildman–Crippen MR) is 36.0 cm³/mol. The molecule has 1 saturated carbocycles. The van der Waals surface area contributed by atoms with Gasteiger partial charge in [0.1, 0.15) is 0 Å². The summed E-state index contributed by atoms with van der Waals surface area (Å²) in [5.41, 5.74) is 0.972. The van der Waals surface area contributed by atoms with E-state index in [-0.39, 0.29) is 0 Å². The molecule has 0 aromatic rings. The van der Waals surface area contributed by atoms with Gasteiger partial charge in [0.05, 0.1) is 0 Å². The number of carbonyl (C=O) groups is 1. The topological polar surface area (TPSA) is 20.3 Å². The zero-order chi connectivity index (χ0) is 6.85. The lowest BCUT2D eigenvalue weighted by atomic mass is 9.92. The maximum absolute atomic E-state index is 10.7. The first-order valence-electron chi connectivity index (χ1n) is 3.10. The van der Waals surface area contributed by atoms with Crippen molar-refractivity contribution in [1.29, 1.82) is 0 Å². The van der Waals surface area contributed by atoms with Crippen molar-refractivity contribution >= 4 is 5.78 Å². The molecule has 0 atom stereocenters. The van der Waals surface area contributed by atoms with Crippen LogP contribution in [0.4, 0.5) is 0 Å². The monoisotopic (exact) mass is 125 g/mol. The Balaban J connectivity index is 2.51. The zero-order valence-corrected chi connectivity index (χ0v) is 5.85. The van der Waals surface area contributed by atoms with E-state index in [0.717, 1.165) is 18.4 Å². The van der Waals surface area contributed by atoms with Gasteiger partial charge in [0.2, 0.25) is 0 Å². The SMILES string of the molecule is CN(C)/C=C1\CCC1=O. The van der Waals surface area contributed by atoms with Gasteiger partial charge in [0, 0.05) is 32.3 Å². The summed E-state index contributed by atoms with van der Waals surface area (Å²) in [5.74, 6) is 0.309. The molecule has 0 N–H and O–H groups in total. The Bertz CT molecular complexity index is 158. The molecule has 1 aliphatic rings. The third-order valence-electron chi connectivity index (χ3n) is 1.39. The van der Waals surface area contributed by atoms with Crippen molar-refractivity contribution in [2.45, 2.75) is 12.8 Å². The second kappa shape index (κ2) is 2.21. The molecule has 0 saturated heterocycles. The number of allylic oxidation sites excluding steroid dienone is 1. The molecule has 1 aliphatic carbocycles. The predicted octanol–water partition coefficient (Wildman–Crippen LogP) is 0.795. The number of carbonyl (C=O) groups excluding carboxylic acids is 1. The summed E-state index contributed by atoms with van der Waals surface area (Å²) in [7, 11) is 3.86. The summed E-state index contributed by atoms with van der Waals surface area (Å²) in [6.45, 7) is 0. The summed E-state index contributed by atoms with van der Waals surface area (Å²) < 4.78 is 0. The maximum Gasteiger partial charge on any atom is 0.160 e. The van der Waals surface area contributed by atoms with Gasteiger partial charge in [-0.2, -0.15) is 0 Å². The number of Topliss-reactive ketones (excluding diaryl/α,β-unsaturated/α-hetero) is 1. The fourth-order valence-electron chi connectivity index (χ4n) is 0.820. The van der Waals surface area contributed by atoms with Gasteiger partial charge in [-0.3, -0.25) is 4.79 Å². The fourth-order valence-corrected chi connectivity index (χ4v) is 0.820. The molecular weight excluding hydrogens is 114 g/mol. The van der Waals surface area contributed by atoms with Crippen LogP contribution in [0, 0.1) is 0 Å². The highest BCUT2D eigenvalue weighted by molar-refractivity contribution is 6.01. The summed E-state index contributed by atoms with van der Waals surface area (Å²) in [5, 5.41) is 0. The molecular formula is C7H11NO. The quantitative estimate of drug-likeness (QED) is 0.483. The molecule has 1 fully saturated rings. The molecule has 0 amide bonds. The van der Waals surface area contributed by atoms with Crippen LogP contribution in [0.25, 0.3) is 0 Å². The van der Waals surface area contributed by atoms with Crippen LogP contribution in [0.2, 0.25) is 0 Å². The highest BCUT2D eigenvalue weighted by Gasteiger charge is 2.19. The average molecular weight is 125 g/mol. The molecule has 1 rings (SSSR count). The van der Waals surface area contributed by atoms with Crippen molar-refractivity contribution in [2.75, 3.05) is 14.1 Å². The molecule has 0 heterocycles. The van der Waals surface area contributed by atoms with Crippen molar-refractivity contribution in [2.24, 2.45) is 0 Å². The van der Waals surface area contributed by atoms with E-state index in [0.29, 0.717) is 5.78 Å². The van der Waals surface area contributed by atoms with E-state index in [1.54, 1.807) is 0 Å². The van der Waals surface area contributed by atoms with E-state index in [2.05, 4.69) is 0 Å². The normalized spacial score (nSPS) is 22.0. The molecule has 2 heteroatoms. The third-order valence-corrected chi connectivity index (χ3v) is 1.39. The van der Waals surface area contributed by atoms with E-state index in [9.17, 15) is 4.79 Å². The summed E-state index contributed by atoms with van der Waals surface area (Å²) in [4.78, 5) is 12.6. The molecule has 0 spiro atoms. The van der Waals surface area contributed by atoms with Gasteiger partial charge in [0.15, 0.2) is 5.78 Å². The average Bonchev–Trinajstić information content (AvgIpc) is 1.79. The summed E-state index contributed by atoms with van der Waals surface area (Å²) >= 11 is 0. The molecule has 0 bridgehead atoms. The number of nitrogens with zero attached hydrogens (tertiary/aromatic N) is 1. The largest absolute Gasteiger partial charge is 0.383 e. The van der Waals surface area contributed by atoms with Crippen molar-refractivity contribution in [1.82, 2.24) is 4.90 Å². The Morgan fingerprint density at radius 1 is 1.44 bits per heavy atom. The molecule has 50 valence electrons. The molecule has 2 nitrogen and oxygen atoms in total. The van der Waals surface area contributed by atoms with Gasteiger partial charge in [0.25, 0.3) is 0 Å². The highest BCUT2D eigenvalue weighted by Crippen LogP contribution is 2.20. The van der Waals surface area contributed by atoms with Crippen LogP contribution in [0.5, 0.6) is 0 Å². The Morgan fingerprint density at radius 2 is 2.11 bits per heavy atom. The molecule has 0 unspecified atom stereocenters. The smallest absolute Gasteiger partial charge is 0.160 e. The summed E-state index contributed by atoms with van der Waals surface area (Å²) in [6, 6.07) is 0. The first kappa shape index (κ1) is 6.33. The Hall–Kier alpha value is -0.790. The molecule has 0 radical (unpaired) electrons. The number of ketones is 1. The lowest BCUT2D eigenvalue weighted by molar-refractivity contribution is -0.118. The molecule has 0 aromatic heterocycles. The van der Waals surface area contributed by atoms with Crippen molar-refractivity contribution in [3.8, 4) is 0 Å². The Kier molecular flexibility index (Phi) is 1.56. The van der Waals surface area contributed by atoms with Gasteiger partial charge in [-0.1, -0.05) is 0 Å². The van der Waals surface area contributed by atoms with Crippen LogP contribution in [0.3, 0.4) is 0 Å². The number of hydrogen-bond acceptors (Lipinski definition) is 2. The Morgan fingerprint density at radius 3 is 2.22 bits per heavy atom. The Labute approximate surface area is 55.2 Å². The number of rotatable bonds is 1. The second-order valence-corrected chi connectivity index (χ2v) is 2.54. The van der Waals surface area contributed by atoms with E-state index in [4.69, 9.17) is 0 Å². The van der Waals surface area contributed by atoms with Crippen LogP contribution in [-0.4, -0.2) is 24.8 Å². The van der Waals surface area contributed by atoms with Crippen LogP contribution in [0.1, 0.15) is 12.8 Å². The van der Waals surface area contributed by atoms with Gasteiger partial charge in [-0.25, -0.2) is 0 Å². The van der Waals surface area contributed by atoms with E-state index in [1.807, 2.05) is 25.2 Å². The molecule has 9 heavy (non-hydrogen) atoms. The maximum atomic E-state index is 10.7. The fraction of sp³-hybridized carbons (Fsp3) is 0.571. The zero-order valence-electron chi connectivity index (χ0n) is 5.85. The third kappa shape index (κ3) is 1.31. The standard InChI is InChI=1S/C7H11NO/c1-8(2)5-6-3-4-7(6)9/h5H,3-4H2,1-2H3/b6-5+. The van der Waals surface area contributed by atoms with Gasteiger partial charge in [-0.15, -0.1) is 0 Å². The summed E-state index contributed by atoms with van der Waals surface area (Å²) in [6.07, 6.45) is 3.61. The van der Waals surface area contributed by atoms with Crippen molar-refractivity contribution in [3.63, 3.8) is 0 Å². The van der Waals surface area contributed by atoms with Gasteiger partial charge in [-0.05, 0) is 6.42 Å². The van der Waals surface area contributed by atoms with Crippen molar-refractivity contribution < 1.29 is 4.79 Å². The van der Waals surface area contributed by atoms with Crippen LogP contribution in [0.15, 0.2) is 11.8 Å². The van der Waals surface area contributed by atoms with Crippen molar-refractivity contribution in [3.05, 3.63) is 11.8 Å². The second-order valence-electron chi connectivity index (χ2n) is 2.54. The van der Waals surface area contributed by atoms with Gasteiger partial charge >= 0.3 is 0 Å². The minimum Gasteiger partial charge on any atom is -0.383 e. The van der Waals surface area contributed by atoms with E-state index >= 15 is 0 Å². The van der Waals surface area contributed by atoms with Crippen LogP contribution < -0.4 is 0 Å². The molecule has 0 aromatic carbocycles. The first-order chi connectivity index (χ1) is 4.20. The van der Waals surface area contributed by atoms with E-state index in [1.165, 1.54) is 0 Å². The minimum absolute atomic E-state index is 0.309. The highest BCUT2D eigenvalue weighted by atomic mass is 16.1. The first-order valence-corrected chi connectivity index (χ1v) is 3.10. The van der Waals surface area contributed by atoms with Gasteiger partial charge < -0.3 is 4.90 Å². The number of hydrogen-bond donors (Lipinski definition) is 0. The molecule has 0 aliphatic heterocycles. The van der Waals surface area contributed by atoms with Crippen LogP contribution >= 0.6 is 0 Å².